The molecule has 3 nitrogen and oxygen atoms in total. The van der Waals surface area contributed by atoms with Crippen LogP contribution in [0, 0.1) is 0 Å². The zero-order chi connectivity index (χ0) is 13.3. The molecule has 0 fully saturated rings. The van der Waals surface area contributed by atoms with Crippen molar-refractivity contribution in [1.29, 1.82) is 0 Å². The van der Waals surface area contributed by atoms with Gasteiger partial charge >= 0.3 is 0 Å². The predicted molar refractivity (Wildman–Crippen MR) is 81.0 cm³/mol. The van der Waals surface area contributed by atoms with Crippen LogP contribution in [0.4, 0.5) is 0 Å². The molecule has 0 atom stereocenters. The van der Waals surface area contributed by atoms with Crippen LogP contribution in [0.15, 0.2) is 38.9 Å². The maximum Gasteiger partial charge on any atom is 0.253 e. The fourth-order valence-electron chi connectivity index (χ4n) is 1.58. The summed E-state index contributed by atoms with van der Waals surface area (Å²) >= 11 is 12.5. The van der Waals surface area contributed by atoms with E-state index in [1.165, 1.54) is 0 Å². The molecule has 1 aromatic heterocycles. The SMILES string of the molecule is C=C(Cl)CNC(=O)c1c[nH]c2cc(Br)c(Br)cc12. The summed E-state index contributed by atoms with van der Waals surface area (Å²) in [6, 6.07) is 3.80. The van der Waals surface area contributed by atoms with Gasteiger partial charge in [-0.1, -0.05) is 18.2 Å². The van der Waals surface area contributed by atoms with Crippen LogP contribution in [0.25, 0.3) is 10.9 Å². The normalized spacial score (nSPS) is 10.6. The maximum absolute atomic E-state index is 12.0. The Morgan fingerprint density at radius 3 is 2.72 bits per heavy atom. The molecule has 18 heavy (non-hydrogen) atoms. The number of nitrogens with one attached hydrogen (secondary N) is 2. The molecule has 0 saturated heterocycles. The maximum atomic E-state index is 12.0. The molecular weight excluding hydrogens is 383 g/mol. The highest BCUT2D eigenvalue weighted by molar-refractivity contribution is 9.13. The second-order valence-corrected chi connectivity index (χ2v) is 5.96. The lowest BCUT2D eigenvalue weighted by atomic mass is 10.1. The third-order valence-electron chi connectivity index (χ3n) is 2.41. The lowest BCUT2D eigenvalue weighted by molar-refractivity contribution is 0.0959. The van der Waals surface area contributed by atoms with Crippen LogP contribution >= 0.6 is 43.5 Å². The van der Waals surface area contributed by atoms with E-state index in [0.29, 0.717) is 10.6 Å². The van der Waals surface area contributed by atoms with E-state index < -0.39 is 0 Å². The topological polar surface area (TPSA) is 44.9 Å². The van der Waals surface area contributed by atoms with Crippen molar-refractivity contribution in [2.45, 2.75) is 0 Å². The van der Waals surface area contributed by atoms with Crippen LogP contribution in [-0.2, 0) is 0 Å². The molecule has 94 valence electrons. The van der Waals surface area contributed by atoms with Gasteiger partial charge in [0.15, 0.2) is 0 Å². The average Bonchev–Trinajstić information content (AvgIpc) is 2.69. The molecule has 0 radical (unpaired) electrons. The first-order valence-corrected chi connectivity index (χ1v) is 7.03. The Labute approximate surface area is 126 Å². The summed E-state index contributed by atoms with van der Waals surface area (Å²) in [7, 11) is 0. The van der Waals surface area contributed by atoms with Crippen molar-refractivity contribution in [2.24, 2.45) is 0 Å². The Morgan fingerprint density at radius 2 is 2.06 bits per heavy atom. The van der Waals surface area contributed by atoms with E-state index >= 15 is 0 Å². The Bertz CT molecular complexity index is 636. The molecule has 1 aromatic carbocycles. The number of hydrogen-bond acceptors (Lipinski definition) is 1. The largest absolute Gasteiger partial charge is 0.360 e. The summed E-state index contributed by atoms with van der Waals surface area (Å²) < 4.78 is 1.82. The van der Waals surface area contributed by atoms with Crippen LogP contribution in [0.2, 0.25) is 0 Å². The molecule has 1 heterocycles. The number of carbonyl (C=O) groups excluding carboxylic acids is 1. The van der Waals surface area contributed by atoms with Crippen molar-refractivity contribution in [3.63, 3.8) is 0 Å². The van der Waals surface area contributed by atoms with E-state index in [1.54, 1.807) is 6.20 Å². The molecule has 1 amide bonds. The number of fused-ring (bicyclic) bond motifs is 1. The standard InChI is InChI=1S/C12H9Br2ClN2O/c1-6(15)4-17-12(18)8-5-16-11-3-10(14)9(13)2-7(8)11/h2-3,5,16H,1,4H2,(H,17,18). The minimum atomic E-state index is -0.183. The number of carbonyl (C=O) groups is 1. The number of H-pyrrole nitrogens is 1. The van der Waals surface area contributed by atoms with E-state index in [9.17, 15) is 4.79 Å². The molecule has 0 bridgehead atoms. The molecule has 2 N–H and O–H groups in total. The summed E-state index contributed by atoms with van der Waals surface area (Å²) in [5.74, 6) is -0.183. The van der Waals surface area contributed by atoms with Crippen LogP contribution < -0.4 is 5.32 Å². The van der Waals surface area contributed by atoms with Crippen LogP contribution in [0.5, 0.6) is 0 Å². The van der Waals surface area contributed by atoms with E-state index in [-0.39, 0.29) is 12.5 Å². The summed E-state index contributed by atoms with van der Waals surface area (Å²) in [5.41, 5.74) is 1.47. The van der Waals surface area contributed by atoms with Gasteiger partial charge in [0, 0.05) is 31.1 Å². The van der Waals surface area contributed by atoms with Gasteiger partial charge in [-0.05, 0) is 44.0 Å². The highest BCUT2D eigenvalue weighted by Gasteiger charge is 2.13. The van der Waals surface area contributed by atoms with Gasteiger partial charge in [-0.3, -0.25) is 4.79 Å². The summed E-state index contributed by atoms with van der Waals surface area (Å²) in [5, 5.41) is 3.94. The lowest BCUT2D eigenvalue weighted by Crippen LogP contribution is -2.24. The van der Waals surface area contributed by atoms with Gasteiger partial charge < -0.3 is 10.3 Å². The number of benzene rings is 1. The summed E-state index contributed by atoms with van der Waals surface area (Å²) in [4.78, 5) is 15.0. The van der Waals surface area contributed by atoms with Crippen LogP contribution in [0.1, 0.15) is 10.4 Å². The monoisotopic (exact) mass is 390 g/mol. The van der Waals surface area contributed by atoms with Gasteiger partial charge in [0.2, 0.25) is 0 Å². The molecule has 0 saturated carbocycles. The van der Waals surface area contributed by atoms with Gasteiger partial charge in [-0.2, -0.15) is 0 Å². The van der Waals surface area contributed by atoms with E-state index in [2.05, 4.69) is 48.7 Å². The molecule has 0 unspecified atom stereocenters. The molecule has 0 aliphatic rings. The second-order valence-electron chi connectivity index (χ2n) is 3.71. The van der Waals surface area contributed by atoms with E-state index in [4.69, 9.17) is 11.6 Å². The number of rotatable bonds is 3. The first-order chi connectivity index (χ1) is 8.49. The first-order valence-electron chi connectivity index (χ1n) is 5.06. The number of aromatic nitrogens is 1. The quantitative estimate of drug-likeness (QED) is 0.809. The lowest BCUT2D eigenvalue weighted by Gasteiger charge is -2.03. The molecule has 0 spiro atoms. The highest BCUT2D eigenvalue weighted by Crippen LogP contribution is 2.29. The zero-order valence-electron chi connectivity index (χ0n) is 9.19. The molecule has 6 heteroatoms. The van der Waals surface area contributed by atoms with E-state index in [1.807, 2.05) is 12.1 Å². The van der Waals surface area contributed by atoms with Crippen molar-refractivity contribution in [2.75, 3.05) is 6.54 Å². The van der Waals surface area contributed by atoms with Crippen LogP contribution in [-0.4, -0.2) is 17.4 Å². The minimum Gasteiger partial charge on any atom is -0.360 e. The molecule has 2 rings (SSSR count). The molecule has 2 aromatic rings. The fraction of sp³-hybridized carbons (Fsp3) is 0.0833. The minimum absolute atomic E-state index is 0.183. The number of halogens is 3. The number of aromatic amines is 1. The smallest absolute Gasteiger partial charge is 0.253 e. The summed E-state index contributed by atoms with van der Waals surface area (Å²) in [6.45, 7) is 3.78. The van der Waals surface area contributed by atoms with Gasteiger partial charge in [0.05, 0.1) is 12.1 Å². The zero-order valence-corrected chi connectivity index (χ0v) is 13.1. The van der Waals surface area contributed by atoms with Gasteiger partial charge in [0.25, 0.3) is 5.91 Å². The summed E-state index contributed by atoms with van der Waals surface area (Å²) in [6.07, 6.45) is 1.68. The van der Waals surface area contributed by atoms with Gasteiger partial charge in [-0.25, -0.2) is 0 Å². The van der Waals surface area contributed by atoms with Gasteiger partial charge in [0.1, 0.15) is 0 Å². The molecule has 0 aliphatic carbocycles. The van der Waals surface area contributed by atoms with Crippen molar-refractivity contribution < 1.29 is 4.79 Å². The molecule has 0 aliphatic heterocycles. The third kappa shape index (κ3) is 2.79. The van der Waals surface area contributed by atoms with Crippen molar-refractivity contribution in [3.05, 3.63) is 44.4 Å². The number of amides is 1. The van der Waals surface area contributed by atoms with Crippen molar-refractivity contribution in [3.8, 4) is 0 Å². The Hall–Kier alpha value is -0.780. The number of hydrogen-bond donors (Lipinski definition) is 2. The van der Waals surface area contributed by atoms with E-state index in [0.717, 1.165) is 19.8 Å². The second kappa shape index (κ2) is 5.47. The highest BCUT2D eigenvalue weighted by atomic mass is 79.9. The van der Waals surface area contributed by atoms with Gasteiger partial charge in [-0.15, -0.1) is 0 Å². The Morgan fingerprint density at radius 1 is 1.39 bits per heavy atom. The Balaban J connectivity index is 2.37. The third-order valence-corrected chi connectivity index (χ3v) is 4.39. The van der Waals surface area contributed by atoms with Crippen LogP contribution in [0.3, 0.4) is 0 Å². The fourth-order valence-corrected chi connectivity index (χ4v) is 2.33. The van der Waals surface area contributed by atoms with Crippen molar-refractivity contribution >= 4 is 60.3 Å². The molecular formula is C12H9Br2ClN2O. The first kappa shape index (κ1) is 13.6. The Kier molecular flexibility index (Phi) is 4.14. The van der Waals surface area contributed by atoms with Crippen molar-refractivity contribution in [1.82, 2.24) is 10.3 Å². The predicted octanol–water partition coefficient (Wildman–Crippen LogP) is 4.18. The average molecular weight is 392 g/mol.